The van der Waals surface area contributed by atoms with Gasteiger partial charge in [0.15, 0.2) is 0 Å². The van der Waals surface area contributed by atoms with Crippen molar-refractivity contribution in [2.45, 2.75) is 44.6 Å². The Morgan fingerprint density at radius 2 is 1.62 bits per heavy atom. The third-order valence-corrected chi connectivity index (χ3v) is 4.86. The van der Waals surface area contributed by atoms with Gasteiger partial charge in [0.05, 0.1) is 0 Å². The molecule has 2 aromatic carbocycles. The lowest BCUT2D eigenvalue weighted by atomic mass is 9.99. The molecule has 0 saturated heterocycles. The fourth-order valence-electron chi connectivity index (χ4n) is 3.47. The highest BCUT2D eigenvalue weighted by molar-refractivity contribution is 5.96. The molecular formula is C22H26N2O2. The number of rotatable bonds is 7. The Labute approximate surface area is 155 Å². The Morgan fingerprint density at radius 3 is 2.38 bits per heavy atom. The number of carbonyl (C=O) groups is 2. The number of amides is 2. The largest absolute Gasteiger partial charge is 0.353 e. The molecule has 2 amide bonds. The first-order chi connectivity index (χ1) is 12.7. The number of nitrogens with one attached hydrogen (secondary N) is 2. The summed E-state index contributed by atoms with van der Waals surface area (Å²) in [4.78, 5) is 24.5. The summed E-state index contributed by atoms with van der Waals surface area (Å²) < 4.78 is 0. The van der Waals surface area contributed by atoms with E-state index in [-0.39, 0.29) is 11.8 Å². The maximum absolute atomic E-state index is 12.5. The van der Waals surface area contributed by atoms with E-state index in [1.54, 1.807) is 0 Å². The van der Waals surface area contributed by atoms with Crippen molar-refractivity contribution in [3.63, 3.8) is 0 Å². The van der Waals surface area contributed by atoms with E-state index >= 15 is 0 Å². The van der Waals surface area contributed by atoms with Crippen molar-refractivity contribution in [2.24, 2.45) is 0 Å². The smallest absolute Gasteiger partial charge is 0.251 e. The fourth-order valence-corrected chi connectivity index (χ4v) is 3.47. The van der Waals surface area contributed by atoms with Gasteiger partial charge in [0.1, 0.15) is 0 Å². The topological polar surface area (TPSA) is 58.2 Å². The van der Waals surface area contributed by atoms with Crippen LogP contribution in [0.1, 0.15) is 53.6 Å². The molecule has 1 aliphatic carbocycles. The molecule has 3 rings (SSSR count). The molecule has 2 aromatic rings. The molecule has 1 saturated carbocycles. The van der Waals surface area contributed by atoms with E-state index in [1.165, 1.54) is 18.4 Å². The summed E-state index contributed by atoms with van der Waals surface area (Å²) >= 11 is 0. The van der Waals surface area contributed by atoms with Gasteiger partial charge in [0.25, 0.3) is 5.91 Å². The minimum atomic E-state index is -0.120. The zero-order valence-corrected chi connectivity index (χ0v) is 15.0. The average molecular weight is 350 g/mol. The van der Waals surface area contributed by atoms with Crippen LogP contribution in [0.4, 0.5) is 0 Å². The molecular weight excluding hydrogens is 324 g/mol. The van der Waals surface area contributed by atoms with E-state index in [1.807, 2.05) is 42.5 Å². The highest BCUT2D eigenvalue weighted by Crippen LogP contribution is 2.17. The standard InChI is InChI=1S/C22H26N2O2/c25-21(24-19-11-5-6-12-19)14-15-23-22(26)20-13-7-4-10-18(20)16-17-8-2-1-3-9-17/h1-4,7-10,13,19H,5-6,11-12,14-16H2,(H,23,26)(H,24,25). The molecule has 4 nitrogen and oxygen atoms in total. The van der Waals surface area contributed by atoms with E-state index in [4.69, 9.17) is 0 Å². The van der Waals surface area contributed by atoms with E-state index in [0.717, 1.165) is 18.4 Å². The van der Waals surface area contributed by atoms with E-state index in [9.17, 15) is 9.59 Å². The summed E-state index contributed by atoms with van der Waals surface area (Å²) in [6.45, 7) is 0.358. The molecule has 26 heavy (non-hydrogen) atoms. The molecule has 0 atom stereocenters. The van der Waals surface area contributed by atoms with Crippen molar-refractivity contribution in [1.29, 1.82) is 0 Å². The molecule has 1 fully saturated rings. The second-order valence-electron chi connectivity index (χ2n) is 6.87. The van der Waals surface area contributed by atoms with Crippen LogP contribution in [0.15, 0.2) is 54.6 Å². The van der Waals surface area contributed by atoms with E-state index < -0.39 is 0 Å². The fraction of sp³-hybridized carbons (Fsp3) is 0.364. The molecule has 1 aliphatic rings. The maximum Gasteiger partial charge on any atom is 0.251 e. The Morgan fingerprint density at radius 1 is 0.923 bits per heavy atom. The predicted octanol–water partition coefficient (Wildman–Crippen LogP) is 3.46. The SMILES string of the molecule is O=C(CCNC(=O)c1ccccc1Cc1ccccc1)NC1CCCC1. The van der Waals surface area contributed by atoms with Gasteiger partial charge in [0.2, 0.25) is 5.91 Å². The van der Waals surface area contributed by atoms with Gasteiger partial charge in [0, 0.05) is 24.6 Å². The molecule has 0 radical (unpaired) electrons. The van der Waals surface area contributed by atoms with Gasteiger partial charge in [-0.1, -0.05) is 61.4 Å². The van der Waals surface area contributed by atoms with Gasteiger partial charge in [-0.3, -0.25) is 9.59 Å². The monoisotopic (exact) mass is 350 g/mol. The first-order valence-electron chi connectivity index (χ1n) is 9.42. The second-order valence-corrected chi connectivity index (χ2v) is 6.87. The van der Waals surface area contributed by atoms with Crippen LogP contribution in [-0.4, -0.2) is 24.4 Å². The molecule has 0 spiro atoms. The third kappa shape index (κ3) is 5.19. The van der Waals surface area contributed by atoms with Crippen LogP contribution in [0, 0.1) is 0 Å². The highest BCUT2D eigenvalue weighted by atomic mass is 16.2. The normalized spacial score (nSPS) is 14.2. The Balaban J connectivity index is 1.52. The van der Waals surface area contributed by atoms with Crippen molar-refractivity contribution in [1.82, 2.24) is 10.6 Å². The van der Waals surface area contributed by atoms with Crippen LogP contribution >= 0.6 is 0 Å². The van der Waals surface area contributed by atoms with Crippen molar-refractivity contribution < 1.29 is 9.59 Å². The maximum atomic E-state index is 12.5. The van der Waals surface area contributed by atoms with Gasteiger partial charge >= 0.3 is 0 Å². The molecule has 0 aliphatic heterocycles. The van der Waals surface area contributed by atoms with Gasteiger partial charge in [-0.2, -0.15) is 0 Å². The molecule has 0 aromatic heterocycles. The van der Waals surface area contributed by atoms with Gasteiger partial charge in [-0.15, -0.1) is 0 Å². The molecule has 0 unspecified atom stereocenters. The minimum Gasteiger partial charge on any atom is -0.353 e. The van der Waals surface area contributed by atoms with E-state index in [0.29, 0.717) is 31.0 Å². The van der Waals surface area contributed by atoms with Crippen molar-refractivity contribution in [3.05, 3.63) is 71.3 Å². The zero-order valence-electron chi connectivity index (χ0n) is 15.0. The lowest BCUT2D eigenvalue weighted by molar-refractivity contribution is -0.121. The van der Waals surface area contributed by atoms with Crippen LogP contribution in [0.3, 0.4) is 0 Å². The van der Waals surface area contributed by atoms with Crippen LogP contribution in [0.25, 0.3) is 0 Å². The summed E-state index contributed by atoms with van der Waals surface area (Å²) in [5.74, 6) is -0.0973. The summed E-state index contributed by atoms with van der Waals surface area (Å²) in [5.41, 5.74) is 2.84. The number of benzene rings is 2. The first kappa shape index (κ1) is 18.2. The van der Waals surface area contributed by atoms with Gasteiger partial charge in [-0.05, 0) is 36.5 Å². The quantitative estimate of drug-likeness (QED) is 0.803. The molecule has 2 N–H and O–H groups in total. The average Bonchev–Trinajstić information content (AvgIpc) is 3.16. The van der Waals surface area contributed by atoms with Crippen LogP contribution in [0.2, 0.25) is 0 Å². The summed E-state index contributed by atoms with van der Waals surface area (Å²) in [6, 6.07) is 18.1. The molecule has 4 heteroatoms. The Kier molecular flexibility index (Phi) is 6.42. The van der Waals surface area contributed by atoms with Crippen molar-refractivity contribution in [3.8, 4) is 0 Å². The highest BCUT2D eigenvalue weighted by Gasteiger charge is 2.17. The second kappa shape index (κ2) is 9.18. The van der Waals surface area contributed by atoms with Crippen LogP contribution < -0.4 is 10.6 Å². The first-order valence-corrected chi connectivity index (χ1v) is 9.42. The minimum absolute atomic E-state index is 0.0229. The molecule has 0 heterocycles. The van der Waals surface area contributed by atoms with Crippen molar-refractivity contribution >= 4 is 11.8 Å². The molecule has 136 valence electrons. The summed E-state index contributed by atoms with van der Waals surface area (Å²) in [6.07, 6.45) is 5.57. The van der Waals surface area contributed by atoms with Crippen LogP contribution in [-0.2, 0) is 11.2 Å². The van der Waals surface area contributed by atoms with E-state index in [2.05, 4.69) is 22.8 Å². The Bertz CT molecular complexity index is 737. The number of carbonyl (C=O) groups excluding carboxylic acids is 2. The lowest BCUT2D eigenvalue weighted by Crippen LogP contribution is -2.35. The van der Waals surface area contributed by atoms with Gasteiger partial charge in [-0.25, -0.2) is 0 Å². The van der Waals surface area contributed by atoms with Crippen LogP contribution in [0.5, 0.6) is 0 Å². The van der Waals surface area contributed by atoms with Crippen molar-refractivity contribution in [2.75, 3.05) is 6.54 Å². The molecule has 0 bridgehead atoms. The third-order valence-electron chi connectivity index (χ3n) is 4.86. The number of hydrogen-bond acceptors (Lipinski definition) is 2. The van der Waals surface area contributed by atoms with Gasteiger partial charge < -0.3 is 10.6 Å². The summed E-state index contributed by atoms with van der Waals surface area (Å²) in [5, 5.41) is 5.93. The number of hydrogen-bond donors (Lipinski definition) is 2. The zero-order chi connectivity index (χ0) is 18.2. The Hall–Kier alpha value is -2.62. The predicted molar refractivity (Wildman–Crippen MR) is 103 cm³/mol. The summed E-state index contributed by atoms with van der Waals surface area (Å²) in [7, 11) is 0. The lowest BCUT2D eigenvalue weighted by Gasteiger charge is -2.13.